The predicted molar refractivity (Wildman–Crippen MR) is 26.9 cm³/mol. The molecule has 0 unspecified atom stereocenters. The zero-order chi connectivity index (χ0) is 9.00. The fourth-order valence-electron chi connectivity index (χ4n) is 0. The van der Waals surface area contributed by atoms with Crippen LogP contribution in [-0.2, 0) is 9.13 Å². The molecule has 0 fully saturated rings. The van der Waals surface area contributed by atoms with Crippen LogP contribution in [0.15, 0.2) is 0 Å². The van der Waals surface area contributed by atoms with E-state index in [1.165, 1.54) is 0 Å². The van der Waals surface area contributed by atoms with Gasteiger partial charge in [0, 0.05) is 0 Å². The third kappa shape index (κ3) is 311. The molecule has 0 atom stereocenters. The van der Waals surface area contributed by atoms with Crippen LogP contribution in [0.3, 0.4) is 0 Å². The molecule has 0 aromatic rings. The van der Waals surface area contributed by atoms with Crippen molar-refractivity contribution in [2.24, 2.45) is 0 Å². The van der Waals surface area contributed by atoms with Gasteiger partial charge in [-0.25, -0.2) is 0 Å². The molecule has 80 valence electrons. The molecule has 0 aliphatic heterocycles. The first-order valence-electron chi connectivity index (χ1n) is 1.50. The fourth-order valence-corrected chi connectivity index (χ4v) is 0. The summed E-state index contributed by atoms with van der Waals surface area (Å²) in [6, 6.07) is 0. The second kappa shape index (κ2) is 24.2. The van der Waals surface area contributed by atoms with Crippen molar-refractivity contribution in [1.29, 1.82) is 0 Å². The first kappa shape index (κ1) is 50.1. The molecule has 0 aromatic carbocycles. The third-order valence-corrected chi connectivity index (χ3v) is 0. The van der Waals surface area contributed by atoms with E-state index in [0.717, 1.165) is 0 Å². The molecule has 0 saturated carbocycles. The minimum Gasteiger partial charge on any atom is -0.790 e. The van der Waals surface area contributed by atoms with Crippen LogP contribution in [0.5, 0.6) is 0 Å². The first-order valence-corrected chi connectivity index (χ1v) is 4.49. The van der Waals surface area contributed by atoms with Gasteiger partial charge in [-0.3, -0.25) is 0 Å². The van der Waals surface area contributed by atoms with Gasteiger partial charge in [-0.2, -0.15) is 0 Å². The molecule has 0 aliphatic rings. The molecule has 0 saturated heterocycles. The van der Waals surface area contributed by atoms with Crippen LogP contribution < -0.4 is 138 Å². The number of phosphoric acid groups is 2. The summed E-state index contributed by atoms with van der Waals surface area (Å²) in [5.41, 5.74) is 0. The van der Waals surface area contributed by atoms with E-state index >= 15 is 0 Å². The third-order valence-electron chi connectivity index (χ3n) is 0. The van der Waals surface area contributed by atoms with Crippen LogP contribution in [-0.4, -0.2) is 20.7 Å². The van der Waals surface area contributed by atoms with Gasteiger partial charge in [-0.1, -0.05) is 0 Å². The molecule has 0 radical (unpaired) electrons. The van der Waals surface area contributed by atoms with Crippen LogP contribution in [0.25, 0.3) is 0 Å². The van der Waals surface area contributed by atoms with Crippen molar-refractivity contribution in [2.75, 3.05) is 0 Å². The van der Waals surface area contributed by atoms with Crippen LogP contribution in [0.4, 0.5) is 0 Å². The quantitative estimate of drug-likeness (QED) is 0.320. The number of rotatable bonds is 0. The maximum atomic E-state index is 8.66. The summed E-state index contributed by atoms with van der Waals surface area (Å²) in [5, 5.41) is 0. The van der Waals surface area contributed by atoms with Crippen molar-refractivity contribution in [1.82, 2.24) is 0 Å². The monoisotopic (exact) mass is 320 g/mol. The minimum absolute atomic E-state index is 0. The summed E-state index contributed by atoms with van der Waals surface area (Å²) in [4.78, 5) is 48.6. The Morgan fingerprint density at radius 1 is 0.625 bits per heavy atom. The van der Waals surface area contributed by atoms with Crippen molar-refractivity contribution >= 4 is 15.6 Å². The van der Waals surface area contributed by atoms with E-state index in [1.54, 1.807) is 0 Å². The Labute approximate surface area is 180 Å². The second-order valence-corrected chi connectivity index (χ2v) is 2.81. The van der Waals surface area contributed by atoms with Crippen LogP contribution >= 0.6 is 15.6 Å². The van der Waals surface area contributed by atoms with E-state index in [0.29, 0.717) is 0 Å². The molecule has 16 heteroatoms. The zero-order valence-electron chi connectivity index (χ0n) is 9.24. The number of hydrogen-bond donors (Lipinski definition) is 2. The molecule has 6 N–H and O–H groups in total. The van der Waals surface area contributed by atoms with Crippen molar-refractivity contribution in [3.05, 3.63) is 0 Å². The van der Waals surface area contributed by atoms with Gasteiger partial charge in [0.15, 0.2) is 0 Å². The largest absolute Gasteiger partial charge is 1.00 e. The van der Waals surface area contributed by atoms with E-state index < -0.39 is 15.6 Å². The molecule has 0 bridgehead atoms. The summed E-state index contributed by atoms with van der Waals surface area (Å²) in [5.74, 6) is 0. The molecule has 0 amide bonds. The maximum absolute atomic E-state index is 8.66. The van der Waals surface area contributed by atoms with Gasteiger partial charge in [0.1, 0.15) is 0 Å². The van der Waals surface area contributed by atoms with Crippen molar-refractivity contribution in [2.45, 2.75) is 0 Å². The summed E-state index contributed by atoms with van der Waals surface area (Å²) >= 11 is 0. The van der Waals surface area contributed by atoms with Gasteiger partial charge in [0.25, 0.3) is 0 Å². The predicted octanol–water partition coefficient (Wildman–Crippen LogP) is -18.0. The van der Waals surface area contributed by atoms with Crippen molar-refractivity contribution in [3.63, 3.8) is 0 Å². The molecule has 0 spiro atoms. The van der Waals surface area contributed by atoms with E-state index in [9.17, 15) is 0 Å². The Kier molecular flexibility index (Phi) is 75.6. The van der Waals surface area contributed by atoms with E-state index in [4.69, 9.17) is 38.5 Å². The standard InChI is InChI=1S/4Na.2H3O4P.2H2O/c;;;;2*1-5(2,3)4;;/h;;;;2*(H3,1,2,3,4);2*1H2/q4*+1;;;;/p-4. The summed E-state index contributed by atoms with van der Waals surface area (Å²) in [7, 11) is -10.3. The zero-order valence-corrected chi connectivity index (χ0v) is 19.0. The Morgan fingerprint density at radius 3 is 0.625 bits per heavy atom. The van der Waals surface area contributed by atoms with E-state index in [-0.39, 0.29) is 129 Å². The summed E-state index contributed by atoms with van der Waals surface area (Å²) in [6.45, 7) is 0. The van der Waals surface area contributed by atoms with Crippen LogP contribution in [0.1, 0.15) is 0 Å². The topological polar surface area (TPSA) is 230 Å². The van der Waals surface area contributed by atoms with Gasteiger partial charge >= 0.3 is 118 Å². The van der Waals surface area contributed by atoms with Gasteiger partial charge < -0.3 is 49.4 Å². The molecule has 0 aliphatic carbocycles. The molecular weight excluding hydrogens is 314 g/mol. The van der Waals surface area contributed by atoms with Crippen molar-refractivity contribution in [3.8, 4) is 0 Å². The van der Waals surface area contributed by atoms with Gasteiger partial charge in [0.05, 0.1) is 15.6 Å². The summed E-state index contributed by atoms with van der Waals surface area (Å²) < 4.78 is 17.3. The average Bonchev–Trinajstić information content (AvgIpc) is 1.12. The minimum atomic E-state index is -5.14. The summed E-state index contributed by atoms with van der Waals surface area (Å²) in [6.07, 6.45) is 0. The normalized spacial score (nSPS) is 7.38. The SMILES string of the molecule is O.O.O=P([O-])([O-])O.O=P([O-])([O-])O.[Na+].[Na+].[Na+].[Na+]. The molecule has 10 nitrogen and oxygen atoms in total. The second-order valence-electron chi connectivity index (χ2n) is 0.937. The molecular formula is H6Na4O10P2. The number of hydrogen-bond acceptors (Lipinski definition) is 6. The molecule has 16 heavy (non-hydrogen) atoms. The van der Waals surface area contributed by atoms with Crippen LogP contribution in [0, 0.1) is 0 Å². The van der Waals surface area contributed by atoms with Crippen molar-refractivity contribution < 1.29 is 168 Å². The van der Waals surface area contributed by atoms with Gasteiger partial charge in [0.2, 0.25) is 0 Å². The Hall–Kier alpha value is 4.14. The Bertz CT molecular complexity index is 133. The Morgan fingerprint density at radius 2 is 0.625 bits per heavy atom. The molecule has 0 rings (SSSR count). The maximum Gasteiger partial charge on any atom is 1.00 e. The fraction of sp³-hybridized carbons (Fsp3) is 0. The van der Waals surface area contributed by atoms with E-state index in [1.807, 2.05) is 0 Å². The van der Waals surface area contributed by atoms with E-state index in [2.05, 4.69) is 0 Å². The Balaban J connectivity index is -0.00000000970. The van der Waals surface area contributed by atoms with Gasteiger partial charge in [-0.05, 0) is 0 Å². The smallest absolute Gasteiger partial charge is 0.790 e. The van der Waals surface area contributed by atoms with Crippen LogP contribution in [0.2, 0.25) is 0 Å². The molecule has 0 heterocycles. The van der Waals surface area contributed by atoms with Gasteiger partial charge in [-0.15, -0.1) is 0 Å². The molecule has 0 aromatic heterocycles. The average molecular weight is 320 g/mol. The first-order chi connectivity index (χ1) is 4.00.